The number of hydrogen-bond donors (Lipinski definition) is 0. The maximum absolute atomic E-state index is 12.8. The van der Waals surface area contributed by atoms with Crippen molar-refractivity contribution < 1.29 is 22.4 Å². The van der Waals surface area contributed by atoms with Crippen LogP contribution in [0.25, 0.3) is 0 Å². The molecule has 23 heavy (non-hydrogen) atoms. The predicted molar refractivity (Wildman–Crippen MR) is 84.4 cm³/mol. The van der Waals surface area contributed by atoms with Crippen molar-refractivity contribution in [2.45, 2.75) is 25.3 Å². The minimum Gasteiger partial charge on any atom is -0.472 e. The van der Waals surface area contributed by atoms with Gasteiger partial charge in [0.05, 0.1) is 29.6 Å². The Balaban J connectivity index is 2.30. The Bertz CT molecular complexity index is 753. The Morgan fingerprint density at radius 3 is 2.65 bits per heavy atom. The Hall–Kier alpha value is -2.12. The summed E-state index contributed by atoms with van der Waals surface area (Å²) >= 11 is 0. The van der Waals surface area contributed by atoms with E-state index in [1.165, 1.54) is 41.1 Å². The van der Waals surface area contributed by atoms with Gasteiger partial charge in [0, 0.05) is 18.7 Å². The highest BCUT2D eigenvalue weighted by Crippen LogP contribution is 2.20. The van der Waals surface area contributed by atoms with Gasteiger partial charge in [-0.2, -0.15) is 4.31 Å². The minimum atomic E-state index is -3.71. The number of benzene rings is 1. The average molecular weight is 337 g/mol. The molecule has 0 saturated heterocycles. The molecule has 0 amide bonds. The van der Waals surface area contributed by atoms with Crippen molar-refractivity contribution in [3.05, 3.63) is 54.0 Å². The second-order valence-corrected chi connectivity index (χ2v) is 6.75. The molecule has 1 heterocycles. The maximum Gasteiger partial charge on any atom is 0.338 e. The molecule has 0 unspecified atom stereocenters. The third-order valence-corrected chi connectivity index (χ3v) is 5.19. The van der Waals surface area contributed by atoms with E-state index in [0.29, 0.717) is 6.54 Å². The summed E-state index contributed by atoms with van der Waals surface area (Å²) in [6, 6.07) is 7.59. The van der Waals surface area contributed by atoms with E-state index in [-0.39, 0.29) is 23.6 Å². The number of hydrogen-bond acceptors (Lipinski definition) is 5. The van der Waals surface area contributed by atoms with Crippen LogP contribution >= 0.6 is 0 Å². The summed E-state index contributed by atoms with van der Waals surface area (Å²) in [6.45, 7) is 4.20. The van der Waals surface area contributed by atoms with E-state index in [2.05, 4.69) is 0 Å². The number of sulfonamides is 1. The molecule has 0 radical (unpaired) electrons. The zero-order valence-electron chi connectivity index (χ0n) is 13.1. The first-order valence-electron chi connectivity index (χ1n) is 7.27. The Morgan fingerprint density at radius 1 is 1.26 bits per heavy atom. The standard InChI is InChI=1S/C16H19NO5S/c1-3-17(11-13-8-9-21-12-13)23(19,20)15-7-5-6-14(10-15)16(18)22-4-2/h5-10,12H,3-4,11H2,1-2H3. The van der Waals surface area contributed by atoms with Crippen molar-refractivity contribution in [1.29, 1.82) is 0 Å². The lowest BCUT2D eigenvalue weighted by Crippen LogP contribution is -2.30. The van der Waals surface area contributed by atoms with E-state index < -0.39 is 16.0 Å². The normalized spacial score (nSPS) is 11.6. The lowest BCUT2D eigenvalue weighted by molar-refractivity contribution is 0.0526. The molecule has 0 aliphatic heterocycles. The Labute approximate surface area is 135 Å². The summed E-state index contributed by atoms with van der Waals surface area (Å²) in [5, 5.41) is 0. The van der Waals surface area contributed by atoms with Gasteiger partial charge >= 0.3 is 5.97 Å². The molecule has 1 aromatic heterocycles. The maximum atomic E-state index is 12.8. The first-order chi connectivity index (χ1) is 11.0. The van der Waals surface area contributed by atoms with Gasteiger partial charge < -0.3 is 9.15 Å². The fourth-order valence-electron chi connectivity index (χ4n) is 2.10. The predicted octanol–water partition coefficient (Wildman–Crippen LogP) is 2.67. The van der Waals surface area contributed by atoms with Crippen LogP contribution in [-0.2, 0) is 21.3 Å². The van der Waals surface area contributed by atoms with Gasteiger partial charge in [-0.25, -0.2) is 13.2 Å². The Kier molecular flexibility index (Phi) is 5.57. The molecular formula is C16H19NO5S. The molecule has 0 bridgehead atoms. The highest BCUT2D eigenvalue weighted by atomic mass is 32.2. The number of furan rings is 1. The molecule has 0 spiro atoms. The van der Waals surface area contributed by atoms with Gasteiger partial charge in [0.15, 0.2) is 0 Å². The second kappa shape index (κ2) is 7.43. The number of nitrogens with zero attached hydrogens (tertiary/aromatic N) is 1. The summed E-state index contributed by atoms with van der Waals surface area (Å²) in [6.07, 6.45) is 3.00. The van der Waals surface area contributed by atoms with Crippen LogP contribution in [-0.4, -0.2) is 31.8 Å². The molecule has 0 N–H and O–H groups in total. The van der Waals surface area contributed by atoms with Crippen LogP contribution in [0.15, 0.2) is 52.2 Å². The fraction of sp³-hybridized carbons (Fsp3) is 0.312. The van der Waals surface area contributed by atoms with Crippen molar-refractivity contribution in [2.24, 2.45) is 0 Å². The Morgan fingerprint density at radius 2 is 2.04 bits per heavy atom. The van der Waals surface area contributed by atoms with Gasteiger partial charge in [0.1, 0.15) is 0 Å². The lowest BCUT2D eigenvalue weighted by atomic mass is 10.2. The lowest BCUT2D eigenvalue weighted by Gasteiger charge is -2.20. The zero-order chi connectivity index (χ0) is 16.9. The van der Waals surface area contributed by atoms with E-state index in [0.717, 1.165) is 5.56 Å². The topological polar surface area (TPSA) is 76.8 Å². The molecule has 0 saturated carbocycles. The average Bonchev–Trinajstić information content (AvgIpc) is 3.06. The molecule has 0 fully saturated rings. The molecule has 7 heteroatoms. The first-order valence-corrected chi connectivity index (χ1v) is 8.71. The van der Waals surface area contributed by atoms with Gasteiger partial charge in [-0.15, -0.1) is 0 Å². The van der Waals surface area contributed by atoms with Crippen molar-refractivity contribution >= 4 is 16.0 Å². The summed E-state index contributed by atoms with van der Waals surface area (Å²) in [5.41, 5.74) is 0.976. The van der Waals surface area contributed by atoms with Gasteiger partial charge in [0.25, 0.3) is 0 Å². The van der Waals surface area contributed by atoms with E-state index in [9.17, 15) is 13.2 Å². The number of carbonyl (C=O) groups is 1. The SMILES string of the molecule is CCOC(=O)c1cccc(S(=O)(=O)N(CC)Cc2ccoc2)c1. The fourth-order valence-corrected chi connectivity index (χ4v) is 3.58. The van der Waals surface area contributed by atoms with Crippen molar-refractivity contribution in [1.82, 2.24) is 4.31 Å². The van der Waals surface area contributed by atoms with Gasteiger partial charge in [0.2, 0.25) is 10.0 Å². The van der Waals surface area contributed by atoms with Crippen molar-refractivity contribution in [2.75, 3.05) is 13.2 Å². The third kappa shape index (κ3) is 4.00. The highest BCUT2D eigenvalue weighted by Gasteiger charge is 2.24. The first kappa shape index (κ1) is 17.2. The second-order valence-electron chi connectivity index (χ2n) is 4.81. The third-order valence-electron chi connectivity index (χ3n) is 3.27. The summed E-state index contributed by atoms with van der Waals surface area (Å²) in [4.78, 5) is 11.8. The monoisotopic (exact) mass is 337 g/mol. The van der Waals surface area contributed by atoms with Crippen LogP contribution in [0.4, 0.5) is 0 Å². The number of carbonyl (C=O) groups excluding carboxylic acids is 1. The zero-order valence-corrected chi connectivity index (χ0v) is 13.9. The van der Waals surface area contributed by atoms with E-state index >= 15 is 0 Å². The van der Waals surface area contributed by atoms with Crippen LogP contribution in [0.2, 0.25) is 0 Å². The molecule has 6 nitrogen and oxygen atoms in total. The number of esters is 1. The summed E-state index contributed by atoms with van der Waals surface area (Å²) < 4.78 is 36.7. The molecule has 1 aromatic carbocycles. The number of rotatable bonds is 7. The van der Waals surface area contributed by atoms with Crippen LogP contribution < -0.4 is 0 Å². The van der Waals surface area contributed by atoms with Crippen LogP contribution in [0, 0.1) is 0 Å². The van der Waals surface area contributed by atoms with Crippen molar-refractivity contribution in [3.8, 4) is 0 Å². The smallest absolute Gasteiger partial charge is 0.338 e. The number of ether oxygens (including phenoxy) is 1. The van der Waals surface area contributed by atoms with E-state index in [1.807, 2.05) is 0 Å². The van der Waals surface area contributed by atoms with Crippen LogP contribution in [0.1, 0.15) is 29.8 Å². The van der Waals surface area contributed by atoms with Crippen LogP contribution in [0.3, 0.4) is 0 Å². The quantitative estimate of drug-likeness (QED) is 0.726. The molecular weight excluding hydrogens is 318 g/mol. The van der Waals surface area contributed by atoms with Crippen molar-refractivity contribution in [3.63, 3.8) is 0 Å². The molecule has 2 aromatic rings. The molecule has 0 aliphatic carbocycles. The van der Waals surface area contributed by atoms with Crippen LogP contribution in [0.5, 0.6) is 0 Å². The summed E-state index contributed by atoms with van der Waals surface area (Å²) in [7, 11) is -3.71. The molecule has 0 atom stereocenters. The van der Waals surface area contributed by atoms with Gasteiger partial charge in [-0.1, -0.05) is 13.0 Å². The molecule has 0 aliphatic rings. The minimum absolute atomic E-state index is 0.0633. The highest BCUT2D eigenvalue weighted by molar-refractivity contribution is 7.89. The molecule has 2 rings (SSSR count). The van der Waals surface area contributed by atoms with Gasteiger partial charge in [-0.05, 0) is 31.2 Å². The summed E-state index contributed by atoms with van der Waals surface area (Å²) in [5.74, 6) is -0.539. The van der Waals surface area contributed by atoms with Gasteiger partial charge in [-0.3, -0.25) is 0 Å². The van der Waals surface area contributed by atoms with E-state index in [4.69, 9.17) is 9.15 Å². The molecule has 124 valence electrons. The largest absolute Gasteiger partial charge is 0.472 e. The van der Waals surface area contributed by atoms with E-state index in [1.54, 1.807) is 19.9 Å².